The largest absolute Gasteiger partial charge is 0.478 e. The number of hydrogen-bond acceptors (Lipinski definition) is 2. The van der Waals surface area contributed by atoms with E-state index in [-0.39, 0.29) is 0 Å². The Hall–Kier alpha value is -2.39. The van der Waals surface area contributed by atoms with Crippen LogP contribution in [0.5, 0.6) is 0 Å². The van der Waals surface area contributed by atoms with Crippen LogP contribution in [0.3, 0.4) is 0 Å². The molecule has 0 saturated heterocycles. The fourth-order valence-corrected chi connectivity index (χ4v) is 2.75. The van der Waals surface area contributed by atoms with Crippen LogP contribution < -0.4 is 0 Å². The van der Waals surface area contributed by atoms with Crippen LogP contribution in [0.2, 0.25) is 0 Å². The fraction of sp³-hybridized carbons (Fsp3) is 0.167. The smallest absolute Gasteiger partial charge is 0.333 e. The number of carbonyl (C=O) groups is 1. The number of benzene rings is 2. The van der Waals surface area contributed by atoms with E-state index < -0.39 is 5.97 Å². The molecule has 106 valence electrons. The van der Waals surface area contributed by atoms with Crippen LogP contribution in [0.25, 0.3) is 5.57 Å². The molecule has 21 heavy (non-hydrogen) atoms. The van der Waals surface area contributed by atoms with Crippen molar-refractivity contribution in [3.05, 3.63) is 77.4 Å². The Morgan fingerprint density at radius 2 is 1.57 bits per heavy atom. The molecule has 0 radical (unpaired) electrons. The molecule has 0 amide bonds. The van der Waals surface area contributed by atoms with Gasteiger partial charge in [-0.1, -0.05) is 60.7 Å². The van der Waals surface area contributed by atoms with E-state index in [1.807, 2.05) is 48.5 Å². The number of carboxylic acid groups (broad SMARTS) is 1. The minimum absolute atomic E-state index is 0.494. The molecule has 0 bridgehead atoms. The normalized spacial score (nSPS) is 15.4. The molecule has 3 rings (SSSR count). The van der Waals surface area contributed by atoms with Crippen LogP contribution in [0.15, 0.2) is 66.2 Å². The van der Waals surface area contributed by atoms with Crippen molar-refractivity contribution in [1.82, 2.24) is 4.90 Å². The van der Waals surface area contributed by atoms with Crippen LogP contribution in [-0.2, 0) is 11.3 Å². The van der Waals surface area contributed by atoms with Crippen LogP contribution in [0, 0.1) is 0 Å². The van der Waals surface area contributed by atoms with E-state index in [1.54, 1.807) is 0 Å². The second-order valence-corrected chi connectivity index (χ2v) is 5.26. The summed E-state index contributed by atoms with van der Waals surface area (Å²) in [4.78, 5) is 13.7. The monoisotopic (exact) mass is 279 g/mol. The second kappa shape index (κ2) is 5.94. The molecule has 2 aromatic rings. The molecular weight excluding hydrogens is 262 g/mol. The first-order valence-corrected chi connectivity index (χ1v) is 7.01. The Morgan fingerprint density at radius 1 is 0.952 bits per heavy atom. The summed E-state index contributed by atoms with van der Waals surface area (Å²) < 4.78 is 0. The van der Waals surface area contributed by atoms with E-state index in [0.717, 1.165) is 17.7 Å². The Balaban J connectivity index is 1.82. The second-order valence-electron chi connectivity index (χ2n) is 5.26. The lowest BCUT2D eigenvalue weighted by atomic mass is 10.0. The third-order valence-electron chi connectivity index (χ3n) is 3.76. The molecule has 2 aromatic carbocycles. The molecule has 0 spiro atoms. The average Bonchev–Trinajstić information content (AvgIpc) is 2.93. The minimum Gasteiger partial charge on any atom is -0.478 e. The summed E-state index contributed by atoms with van der Waals surface area (Å²) in [6, 6.07) is 19.9. The number of hydrogen-bond donors (Lipinski definition) is 1. The van der Waals surface area contributed by atoms with Gasteiger partial charge in [0.25, 0.3) is 0 Å². The van der Waals surface area contributed by atoms with Gasteiger partial charge < -0.3 is 5.11 Å². The van der Waals surface area contributed by atoms with Gasteiger partial charge >= 0.3 is 5.97 Å². The first-order chi connectivity index (χ1) is 10.2. The summed E-state index contributed by atoms with van der Waals surface area (Å²) in [6.07, 6.45) is 0. The van der Waals surface area contributed by atoms with Crippen molar-refractivity contribution in [2.75, 3.05) is 13.1 Å². The van der Waals surface area contributed by atoms with E-state index in [9.17, 15) is 9.90 Å². The van der Waals surface area contributed by atoms with Gasteiger partial charge in [-0.05, 0) is 16.7 Å². The Bertz CT molecular complexity index is 662. The van der Waals surface area contributed by atoms with Crippen molar-refractivity contribution in [1.29, 1.82) is 0 Å². The maximum Gasteiger partial charge on any atom is 0.333 e. The van der Waals surface area contributed by atoms with Crippen LogP contribution in [-0.4, -0.2) is 29.1 Å². The maximum absolute atomic E-state index is 11.5. The molecule has 0 fully saturated rings. The molecule has 0 unspecified atom stereocenters. The maximum atomic E-state index is 11.5. The van der Waals surface area contributed by atoms with E-state index >= 15 is 0 Å². The fourth-order valence-electron chi connectivity index (χ4n) is 2.75. The van der Waals surface area contributed by atoms with Gasteiger partial charge in [0.2, 0.25) is 0 Å². The first kappa shape index (κ1) is 13.6. The molecule has 0 aromatic heterocycles. The van der Waals surface area contributed by atoms with Gasteiger partial charge in [0.1, 0.15) is 0 Å². The molecule has 1 N–H and O–H groups in total. The highest BCUT2D eigenvalue weighted by Crippen LogP contribution is 2.28. The van der Waals surface area contributed by atoms with Crippen molar-refractivity contribution >= 4 is 11.5 Å². The van der Waals surface area contributed by atoms with Gasteiger partial charge in [0, 0.05) is 19.6 Å². The molecule has 3 heteroatoms. The quantitative estimate of drug-likeness (QED) is 0.935. The Morgan fingerprint density at radius 3 is 2.19 bits per heavy atom. The summed E-state index contributed by atoms with van der Waals surface area (Å²) >= 11 is 0. The summed E-state index contributed by atoms with van der Waals surface area (Å²) in [6.45, 7) is 1.95. The molecule has 1 aliphatic rings. The van der Waals surface area contributed by atoms with Crippen molar-refractivity contribution in [2.45, 2.75) is 6.54 Å². The van der Waals surface area contributed by atoms with E-state index in [2.05, 4.69) is 17.0 Å². The van der Waals surface area contributed by atoms with Gasteiger partial charge in [0.15, 0.2) is 0 Å². The Kier molecular flexibility index (Phi) is 3.84. The Labute approximate surface area is 124 Å². The lowest BCUT2D eigenvalue weighted by Gasteiger charge is -2.16. The predicted octanol–water partition coefficient (Wildman–Crippen LogP) is 3.04. The van der Waals surface area contributed by atoms with Crippen LogP contribution in [0.1, 0.15) is 11.1 Å². The number of carboxylic acids is 1. The third kappa shape index (κ3) is 3.03. The highest BCUT2D eigenvalue weighted by molar-refractivity contribution is 5.98. The lowest BCUT2D eigenvalue weighted by molar-refractivity contribution is -0.132. The molecule has 1 aliphatic heterocycles. The number of nitrogens with zero attached hydrogens (tertiary/aromatic N) is 1. The molecule has 0 aliphatic carbocycles. The predicted molar refractivity (Wildman–Crippen MR) is 82.7 cm³/mol. The standard InChI is InChI=1S/C18H17NO2/c20-18(21)17-13-19(11-14-7-3-1-4-8-14)12-16(17)15-9-5-2-6-10-15/h1-10H,11-13H2,(H,20,21). The van der Waals surface area contributed by atoms with Crippen molar-refractivity contribution < 1.29 is 9.90 Å². The number of aliphatic carboxylic acids is 1. The SMILES string of the molecule is O=C(O)C1=C(c2ccccc2)CN(Cc2ccccc2)C1. The van der Waals surface area contributed by atoms with Gasteiger partial charge in [0.05, 0.1) is 5.57 Å². The molecule has 1 heterocycles. The minimum atomic E-state index is -0.815. The van der Waals surface area contributed by atoms with Crippen LogP contribution >= 0.6 is 0 Å². The lowest BCUT2D eigenvalue weighted by Crippen LogP contribution is -2.21. The summed E-state index contributed by atoms with van der Waals surface area (Å²) in [5.74, 6) is -0.815. The zero-order chi connectivity index (χ0) is 14.7. The van der Waals surface area contributed by atoms with E-state index in [1.165, 1.54) is 5.56 Å². The van der Waals surface area contributed by atoms with E-state index in [0.29, 0.717) is 18.7 Å². The third-order valence-corrected chi connectivity index (χ3v) is 3.76. The van der Waals surface area contributed by atoms with Crippen molar-refractivity contribution in [3.63, 3.8) is 0 Å². The molecule has 0 atom stereocenters. The summed E-state index contributed by atoms with van der Waals surface area (Å²) in [7, 11) is 0. The topological polar surface area (TPSA) is 40.5 Å². The summed E-state index contributed by atoms with van der Waals surface area (Å²) in [5.41, 5.74) is 3.65. The highest BCUT2D eigenvalue weighted by Gasteiger charge is 2.27. The van der Waals surface area contributed by atoms with Gasteiger partial charge in [-0.15, -0.1) is 0 Å². The highest BCUT2D eigenvalue weighted by atomic mass is 16.4. The van der Waals surface area contributed by atoms with E-state index in [4.69, 9.17) is 0 Å². The van der Waals surface area contributed by atoms with Gasteiger partial charge in [-0.2, -0.15) is 0 Å². The average molecular weight is 279 g/mol. The number of rotatable bonds is 4. The zero-order valence-corrected chi connectivity index (χ0v) is 11.7. The molecular formula is C18H17NO2. The zero-order valence-electron chi connectivity index (χ0n) is 11.7. The van der Waals surface area contributed by atoms with Gasteiger partial charge in [-0.3, -0.25) is 4.90 Å². The van der Waals surface area contributed by atoms with Crippen LogP contribution in [0.4, 0.5) is 0 Å². The summed E-state index contributed by atoms with van der Waals surface area (Å²) in [5, 5.41) is 9.44. The van der Waals surface area contributed by atoms with Gasteiger partial charge in [-0.25, -0.2) is 4.79 Å². The molecule has 3 nitrogen and oxygen atoms in total. The van der Waals surface area contributed by atoms with Crippen molar-refractivity contribution in [2.24, 2.45) is 0 Å². The first-order valence-electron chi connectivity index (χ1n) is 7.01. The molecule has 0 saturated carbocycles. The van der Waals surface area contributed by atoms with Crippen molar-refractivity contribution in [3.8, 4) is 0 Å².